The van der Waals surface area contributed by atoms with Crippen molar-refractivity contribution in [3.63, 3.8) is 0 Å². The van der Waals surface area contributed by atoms with Crippen LogP contribution in [0.2, 0.25) is 0 Å². The van der Waals surface area contributed by atoms with Crippen molar-refractivity contribution in [2.75, 3.05) is 7.11 Å². The molecule has 0 aliphatic carbocycles. The molecule has 0 atom stereocenters. The van der Waals surface area contributed by atoms with Crippen LogP contribution in [0.1, 0.15) is 25.7 Å². The van der Waals surface area contributed by atoms with Gasteiger partial charge in [-0.15, -0.1) is 12.3 Å². The summed E-state index contributed by atoms with van der Waals surface area (Å²) in [5.74, 6) is 2.35. The summed E-state index contributed by atoms with van der Waals surface area (Å²) < 4.78 is 4.44. The number of hydrogen-bond donors (Lipinski definition) is 0. The van der Waals surface area contributed by atoms with Crippen LogP contribution in [-0.4, -0.2) is 13.1 Å². The summed E-state index contributed by atoms with van der Waals surface area (Å²) >= 11 is 0. The molecule has 0 fully saturated rings. The number of methoxy groups -OCH3 is 1. The van der Waals surface area contributed by atoms with Crippen molar-refractivity contribution in [2.45, 2.75) is 25.7 Å². The summed E-state index contributed by atoms with van der Waals surface area (Å²) in [5.41, 5.74) is 0. The third kappa shape index (κ3) is 5.17. The first-order valence-electron chi connectivity index (χ1n) is 3.31. The smallest absolute Gasteiger partial charge is 0.305 e. The van der Waals surface area contributed by atoms with E-state index in [4.69, 9.17) is 6.42 Å². The molecule has 0 aromatic carbocycles. The number of hydrogen-bond acceptors (Lipinski definition) is 2. The molecule has 0 aliphatic rings. The molecule has 0 unspecified atom stereocenters. The molecular weight excluding hydrogens is 128 g/mol. The van der Waals surface area contributed by atoms with E-state index in [0.29, 0.717) is 6.42 Å². The maximum Gasteiger partial charge on any atom is 0.305 e. The lowest BCUT2D eigenvalue weighted by Gasteiger charge is -1.95. The number of ether oxygens (including phenoxy) is 1. The maximum absolute atomic E-state index is 10.5. The molecular formula is C8H12O2. The van der Waals surface area contributed by atoms with E-state index in [1.807, 2.05) is 0 Å². The molecule has 10 heavy (non-hydrogen) atoms. The van der Waals surface area contributed by atoms with Gasteiger partial charge in [0.1, 0.15) is 0 Å². The van der Waals surface area contributed by atoms with Crippen LogP contribution < -0.4 is 0 Å². The van der Waals surface area contributed by atoms with Gasteiger partial charge in [0.15, 0.2) is 0 Å². The molecule has 0 spiro atoms. The molecule has 0 saturated heterocycles. The highest BCUT2D eigenvalue weighted by atomic mass is 16.5. The first kappa shape index (κ1) is 9.03. The van der Waals surface area contributed by atoms with Crippen LogP contribution in [0.25, 0.3) is 0 Å². The summed E-state index contributed by atoms with van der Waals surface area (Å²) in [4.78, 5) is 10.5. The highest BCUT2D eigenvalue weighted by molar-refractivity contribution is 5.68. The van der Waals surface area contributed by atoms with Crippen molar-refractivity contribution in [1.82, 2.24) is 0 Å². The summed E-state index contributed by atoms with van der Waals surface area (Å²) in [6, 6.07) is 0. The number of carbonyl (C=O) groups excluding carboxylic acids is 1. The average Bonchev–Trinajstić information content (AvgIpc) is 1.98. The van der Waals surface area contributed by atoms with Crippen molar-refractivity contribution in [2.24, 2.45) is 0 Å². The van der Waals surface area contributed by atoms with Gasteiger partial charge in [-0.05, 0) is 12.8 Å². The highest BCUT2D eigenvalue weighted by Crippen LogP contribution is 1.99. The van der Waals surface area contributed by atoms with Crippen molar-refractivity contribution < 1.29 is 9.53 Å². The number of esters is 1. The standard InChI is InChI=1S/C8H12O2/c1-3-4-5-6-7-8(9)10-2/h1H,4-7H2,2H3. The SMILES string of the molecule is C#CCCCCC(=O)OC. The van der Waals surface area contributed by atoms with Gasteiger partial charge < -0.3 is 4.74 Å². The third-order valence-electron chi connectivity index (χ3n) is 1.18. The Hall–Kier alpha value is -0.970. The van der Waals surface area contributed by atoms with Crippen molar-refractivity contribution in [3.05, 3.63) is 0 Å². The molecule has 0 aromatic rings. The summed E-state index contributed by atoms with van der Waals surface area (Å²) in [6.45, 7) is 0. The monoisotopic (exact) mass is 140 g/mol. The minimum atomic E-state index is -0.156. The van der Waals surface area contributed by atoms with Gasteiger partial charge in [0.25, 0.3) is 0 Å². The number of rotatable bonds is 4. The Morgan fingerprint density at radius 3 is 2.80 bits per heavy atom. The molecule has 0 radical (unpaired) electrons. The van der Waals surface area contributed by atoms with Crippen molar-refractivity contribution in [1.29, 1.82) is 0 Å². The second kappa shape index (κ2) is 6.15. The van der Waals surface area contributed by atoms with Crippen LogP contribution >= 0.6 is 0 Å². The summed E-state index contributed by atoms with van der Waals surface area (Å²) in [5, 5.41) is 0. The van der Waals surface area contributed by atoms with E-state index in [-0.39, 0.29) is 5.97 Å². The van der Waals surface area contributed by atoms with Crippen molar-refractivity contribution >= 4 is 5.97 Å². The van der Waals surface area contributed by atoms with E-state index in [1.165, 1.54) is 7.11 Å². The maximum atomic E-state index is 10.5. The van der Waals surface area contributed by atoms with E-state index in [2.05, 4.69) is 10.7 Å². The topological polar surface area (TPSA) is 26.3 Å². The van der Waals surface area contributed by atoms with Crippen LogP contribution in [0.3, 0.4) is 0 Å². The molecule has 0 rings (SSSR count). The Kier molecular flexibility index (Phi) is 5.56. The molecule has 0 heterocycles. The van der Waals surface area contributed by atoms with E-state index >= 15 is 0 Å². The van der Waals surface area contributed by atoms with Crippen LogP contribution in [0.15, 0.2) is 0 Å². The van der Waals surface area contributed by atoms with Crippen LogP contribution in [0.4, 0.5) is 0 Å². The molecule has 2 nitrogen and oxygen atoms in total. The zero-order valence-corrected chi connectivity index (χ0v) is 6.22. The zero-order chi connectivity index (χ0) is 7.82. The van der Waals surface area contributed by atoms with Crippen LogP contribution in [0, 0.1) is 12.3 Å². The Labute approximate surface area is 61.6 Å². The average molecular weight is 140 g/mol. The van der Waals surface area contributed by atoms with Gasteiger partial charge in [-0.3, -0.25) is 4.79 Å². The first-order valence-corrected chi connectivity index (χ1v) is 3.31. The molecule has 56 valence electrons. The largest absolute Gasteiger partial charge is 0.469 e. The number of terminal acetylenes is 1. The van der Waals surface area contributed by atoms with Crippen LogP contribution in [0.5, 0.6) is 0 Å². The lowest BCUT2D eigenvalue weighted by molar-refractivity contribution is -0.140. The lowest BCUT2D eigenvalue weighted by atomic mass is 10.2. The van der Waals surface area contributed by atoms with E-state index in [9.17, 15) is 4.79 Å². The predicted octanol–water partition coefficient (Wildman–Crippen LogP) is 1.35. The van der Waals surface area contributed by atoms with Gasteiger partial charge in [0.2, 0.25) is 0 Å². The number of carbonyl (C=O) groups is 1. The van der Waals surface area contributed by atoms with Crippen LogP contribution in [-0.2, 0) is 9.53 Å². The molecule has 2 heteroatoms. The highest BCUT2D eigenvalue weighted by Gasteiger charge is 1.97. The minimum absolute atomic E-state index is 0.156. The Morgan fingerprint density at radius 2 is 2.30 bits per heavy atom. The van der Waals surface area contributed by atoms with Gasteiger partial charge in [-0.1, -0.05) is 0 Å². The van der Waals surface area contributed by atoms with Crippen molar-refractivity contribution in [3.8, 4) is 12.3 Å². The normalized spacial score (nSPS) is 8.40. The summed E-state index contributed by atoms with van der Waals surface area (Å²) in [7, 11) is 1.39. The summed E-state index contributed by atoms with van der Waals surface area (Å²) in [6.07, 6.45) is 7.98. The zero-order valence-electron chi connectivity index (χ0n) is 6.22. The fourth-order valence-electron chi connectivity index (χ4n) is 0.598. The fraction of sp³-hybridized carbons (Fsp3) is 0.625. The van der Waals surface area contributed by atoms with E-state index in [1.54, 1.807) is 0 Å². The molecule has 0 saturated carbocycles. The first-order chi connectivity index (χ1) is 4.81. The second-order valence-corrected chi connectivity index (χ2v) is 1.99. The Morgan fingerprint density at radius 1 is 1.60 bits per heavy atom. The van der Waals surface area contributed by atoms with Gasteiger partial charge in [-0.2, -0.15) is 0 Å². The number of unbranched alkanes of at least 4 members (excludes halogenated alkanes) is 2. The van der Waals surface area contributed by atoms with E-state index in [0.717, 1.165) is 19.3 Å². The van der Waals surface area contributed by atoms with E-state index < -0.39 is 0 Å². The third-order valence-corrected chi connectivity index (χ3v) is 1.18. The quantitative estimate of drug-likeness (QED) is 0.335. The fourth-order valence-corrected chi connectivity index (χ4v) is 0.598. The molecule has 0 amide bonds. The van der Waals surface area contributed by atoms with Gasteiger partial charge >= 0.3 is 5.97 Å². The Balaban J connectivity index is 3.05. The minimum Gasteiger partial charge on any atom is -0.469 e. The van der Waals surface area contributed by atoms with Gasteiger partial charge in [0, 0.05) is 12.8 Å². The molecule has 0 aromatic heterocycles. The van der Waals surface area contributed by atoms with Gasteiger partial charge in [0.05, 0.1) is 7.11 Å². The predicted molar refractivity (Wildman–Crippen MR) is 39.3 cm³/mol. The molecule has 0 bridgehead atoms. The molecule has 0 aliphatic heterocycles. The molecule has 0 N–H and O–H groups in total. The lowest BCUT2D eigenvalue weighted by Crippen LogP contribution is -1.98. The Bertz CT molecular complexity index is 133. The second-order valence-electron chi connectivity index (χ2n) is 1.99. The van der Waals surface area contributed by atoms with Gasteiger partial charge in [-0.25, -0.2) is 0 Å².